The molecule has 1 aliphatic rings. The van der Waals surface area contributed by atoms with Gasteiger partial charge in [0.1, 0.15) is 0 Å². The lowest BCUT2D eigenvalue weighted by Crippen LogP contribution is -2.27. The fourth-order valence-electron chi connectivity index (χ4n) is 0.991. The molecule has 0 aliphatic carbocycles. The monoisotopic (exact) mass is 161 g/mol. The summed E-state index contributed by atoms with van der Waals surface area (Å²) in [5.41, 5.74) is 3.86. The zero-order valence-electron chi connectivity index (χ0n) is 6.53. The van der Waals surface area contributed by atoms with Crippen LogP contribution in [0.25, 0.3) is 0 Å². The van der Waals surface area contributed by atoms with Crippen molar-refractivity contribution in [1.82, 2.24) is 5.43 Å². The van der Waals surface area contributed by atoms with Gasteiger partial charge in [-0.2, -0.15) is 0 Å². The van der Waals surface area contributed by atoms with Crippen LogP contribution < -0.4 is 10.6 Å². The van der Waals surface area contributed by atoms with Crippen LogP contribution in [-0.4, -0.2) is 0 Å². The number of hydrogen-bond acceptors (Lipinski definition) is 3. The van der Waals surface area contributed by atoms with Gasteiger partial charge in [-0.25, -0.2) is 0 Å². The summed E-state index contributed by atoms with van der Waals surface area (Å²) in [6, 6.07) is 9.74. The average molecular weight is 161 g/mol. The molecule has 0 bridgehead atoms. The Balaban J connectivity index is 2.14. The van der Waals surface area contributed by atoms with Crippen molar-refractivity contribution in [2.45, 2.75) is 0 Å². The number of hydrazine groups is 1. The minimum atomic E-state index is 0.610. The van der Waals surface area contributed by atoms with E-state index in [-0.39, 0.29) is 0 Å². The minimum absolute atomic E-state index is 0.610. The van der Waals surface area contributed by atoms with Crippen molar-refractivity contribution in [2.75, 3.05) is 5.17 Å². The predicted octanol–water partition coefficient (Wildman–Crippen LogP) is 1.62. The fourth-order valence-corrected chi connectivity index (χ4v) is 0.991. The molecule has 1 aromatic rings. The number of para-hydroxylation sites is 1. The Morgan fingerprint density at radius 3 is 2.58 bits per heavy atom. The van der Waals surface area contributed by atoms with Gasteiger partial charge in [0, 0.05) is 6.92 Å². The smallest absolute Gasteiger partial charge is 0.152 e. The van der Waals surface area contributed by atoms with Crippen molar-refractivity contribution in [3.63, 3.8) is 0 Å². The molecular formula is C9H9N2O. The standard InChI is InChI=1S/C9H9N2O/c1-8-7-10-11(12-8)9-5-3-2-4-6-9/h2-7,10H,1H2. The van der Waals surface area contributed by atoms with Gasteiger partial charge in [-0.1, -0.05) is 18.2 Å². The maximum absolute atomic E-state index is 5.22. The zero-order valence-corrected chi connectivity index (χ0v) is 6.53. The quantitative estimate of drug-likeness (QED) is 0.677. The van der Waals surface area contributed by atoms with E-state index in [1.165, 1.54) is 0 Å². The molecule has 0 atom stereocenters. The number of rotatable bonds is 1. The highest BCUT2D eigenvalue weighted by atomic mass is 16.7. The number of hydrogen-bond donors (Lipinski definition) is 1. The summed E-state index contributed by atoms with van der Waals surface area (Å²) >= 11 is 0. The largest absolute Gasteiger partial charge is 0.362 e. The first-order valence-corrected chi connectivity index (χ1v) is 3.68. The van der Waals surface area contributed by atoms with Crippen LogP contribution in [-0.2, 0) is 4.84 Å². The van der Waals surface area contributed by atoms with E-state index in [2.05, 4.69) is 12.3 Å². The highest BCUT2D eigenvalue weighted by molar-refractivity contribution is 5.43. The fraction of sp³-hybridized carbons (Fsp3) is 0. The molecule has 0 saturated carbocycles. The van der Waals surface area contributed by atoms with Gasteiger partial charge in [-0.05, 0) is 12.1 Å². The van der Waals surface area contributed by atoms with Gasteiger partial charge in [-0.15, -0.1) is 5.17 Å². The van der Waals surface area contributed by atoms with Crippen LogP contribution >= 0.6 is 0 Å². The molecule has 1 N–H and O–H groups in total. The SMILES string of the molecule is [CH2]C1=CNN(c2ccccc2)O1. The third-order valence-electron chi connectivity index (χ3n) is 1.54. The zero-order chi connectivity index (χ0) is 8.39. The summed E-state index contributed by atoms with van der Waals surface area (Å²) in [6.07, 6.45) is 1.70. The number of nitrogens with one attached hydrogen (secondary N) is 1. The molecular weight excluding hydrogens is 152 g/mol. The Morgan fingerprint density at radius 1 is 1.25 bits per heavy atom. The van der Waals surface area contributed by atoms with E-state index in [1.807, 2.05) is 30.3 Å². The second kappa shape index (κ2) is 2.77. The Kier molecular flexibility index (Phi) is 1.63. The van der Waals surface area contributed by atoms with Gasteiger partial charge in [0.2, 0.25) is 0 Å². The van der Waals surface area contributed by atoms with E-state index in [0.29, 0.717) is 5.76 Å². The van der Waals surface area contributed by atoms with Gasteiger partial charge >= 0.3 is 0 Å². The highest BCUT2D eigenvalue weighted by Crippen LogP contribution is 2.16. The molecule has 0 saturated heterocycles. The Hall–Kier alpha value is -1.64. The van der Waals surface area contributed by atoms with Crippen molar-refractivity contribution in [3.05, 3.63) is 49.2 Å². The van der Waals surface area contributed by atoms with Crippen molar-refractivity contribution in [1.29, 1.82) is 0 Å². The molecule has 3 nitrogen and oxygen atoms in total. The summed E-state index contributed by atoms with van der Waals surface area (Å²) in [7, 11) is 0. The van der Waals surface area contributed by atoms with Crippen molar-refractivity contribution in [3.8, 4) is 0 Å². The van der Waals surface area contributed by atoms with Crippen molar-refractivity contribution in [2.24, 2.45) is 0 Å². The van der Waals surface area contributed by atoms with Gasteiger partial charge in [0.25, 0.3) is 0 Å². The first kappa shape index (κ1) is 7.03. The van der Waals surface area contributed by atoms with Crippen LogP contribution in [0.4, 0.5) is 5.69 Å². The molecule has 0 fully saturated rings. The number of anilines is 1. The molecule has 0 spiro atoms. The molecule has 1 aliphatic heterocycles. The van der Waals surface area contributed by atoms with E-state index in [1.54, 1.807) is 11.4 Å². The second-order valence-corrected chi connectivity index (χ2v) is 2.46. The lowest BCUT2D eigenvalue weighted by atomic mass is 10.3. The van der Waals surface area contributed by atoms with Crippen LogP contribution in [0.5, 0.6) is 0 Å². The summed E-state index contributed by atoms with van der Waals surface area (Å²) in [6.45, 7) is 3.65. The molecule has 0 aromatic heterocycles. The van der Waals surface area contributed by atoms with Crippen molar-refractivity contribution >= 4 is 5.69 Å². The van der Waals surface area contributed by atoms with Crippen molar-refractivity contribution < 1.29 is 4.84 Å². The molecule has 2 rings (SSSR count). The minimum Gasteiger partial charge on any atom is -0.362 e. The Bertz CT molecular complexity index is 295. The van der Waals surface area contributed by atoms with Gasteiger partial charge in [0.15, 0.2) is 5.76 Å². The molecule has 0 unspecified atom stereocenters. The van der Waals surface area contributed by atoms with Crippen LogP contribution in [0.15, 0.2) is 42.3 Å². The maximum Gasteiger partial charge on any atom is 0.152 e. The number of nitrogens with zero attached hydrogens (tertiary/aromatic N) is 1. The summed E-state index contributed by atoms with van der Waals surface area (Å²) in [4.78, 5) is 5.22. The first-order chi connectivity index (χ1) is 5.86. The van der Waals surface area contributed by atoms with Crippen LogP contribution in [0.2, 0.25) is 0 Å². The van der Waals surface area contributed by atoms with Crippen LogP contribution in [0.3, 0.4) is 0 Å². The summed E-state index contributed by atoms with van der Waals surface area (Å²) < 4.78 is 0. The highest BCUT2D eigenvalue weighted by Gasteiger charge is 2.11. The molecule has 1 aromatic carbocycles. The third kappa shape index (κ3) is 1.21. The topological polar surface area (TPSA) is 24.5 Å². The van der Waals surface area contributed by atoms with Crippen LogP contribution in [0.1, 0.15) is 0 Å². The van der Waals surface area contributed by atoms with E-state index < -0.39 is 0 Å². The molecule has 0 amide bonds. The lowest BCUT2D eigenvalue weighted by molar-refractivity contribution is 0.200. The van der Waals surface area contributed by atoms with E-state index in [9.17, 15) is 0 Å². The average Bonchev–Trinajstić information content (AvgIpc) is 2.54. The first-order valence-electron chi connectivity index (χ1n) is 3.68. The summed E-state index contributed by atoms with van der Waals surface area (Å²) in [5, 5.41) is 1.56. The number of benzene rings is 1. The van der Waals surface area contributed by atoms with Gasteiger partial charge < -0.3 is 4.84 Å². The summed E-state index contributed by atoms with van der Waals surface area (Å²) in [5.74, 6) is 0.610. The van der Waals surface area contributed by atoms with Gasteiger partial charge in [0.05, 0.1) is 11.9 Å². The van der Waals surface area contributed by atoms with Gasteiger partial charge in [-0.3, -0.25) is 5.43 Å². The van der Waals surface area contributed by atoms with E-state index >= 15 is 0 Å². The molecule has 1 heterocycles. The Labute approximate surface area is 71.2 Å². The molecule has 61 valence electrons. The maximum atomic E-state index is 5.22. The molecule has 1 radical (unpaired) electrons. The third-order valence-corrected chi connectivity index (χ3v) is 1.54. The van der Waals surface area contributed by atoms with E-state index in [0.717, 1.165) is 5.69 Å². The molecule has 3 heteroatoms. The predicted molar refractivity (Wildman–Crippen MR) is 46.6 cm³/mol. The normalized spacial score (nSPS) is 15.1. The Morgan fingerprint density at radius 2 is 2.00 bits per heavy atom. The lowest BCUT2D eigenvalue weighted by Gasteiger charge is -2.16. The molecule has 12 heavy (non-hydrogen) atoms. The van der Waals surface area contributed by atoms with E-state index in [4.69, 9.17) is 4.84 Å². The van der Waals surface area contributed by atoms with Crippen LogP contribution in [0, 0.1) is 6.92 Å². The number of allylic oxidation sites excluding steroid dienone is 1. The second-order valence-electron chi connectivity index (χ2n) is 2.46.